The molecule has 0 spiro atoms. The fourth-order valence-electron chi connectivity index (χ4n) is 4.77. The van der Waals surface area contributed by atoms with E-state index in [1.165, 1.54) is 0 Å². The quantitative estimate of drug-likeness (QED) is 0.744. The lowest BCUT2D eigenvalue weighted by Gasteiger charge is -2.34. The highest BCUT2D eigenvalue weighted by Gasteiger charge is 2.37. The molecular weight excluding hydrogens is 430 g/mol. The second-order valence-electron chi connectivity index (χ2n) is 9.00. The number of anilines is 5. The number of hydrogen-bond acceptors (Lipinski definition) is 8. The fourth-order valence-corrected chi connectivity index (χ4v) is 4.77. The molecule has 1 aromatic carbocycles. The Morgan fingerprint density at radius 2 is 1.82 bits per heavy atom. The van der Waals surface area contributed by atoms with Crippen LogP contribution in [0.3, 0.4) is 0 Å². The van der Waals surface area contributed by atoms with Crippen LogP contribution >= 0.6 is 0 Å². The summed E-state index contributed by atoms with van der Waals surface area (Å²) in [5.74, 6) is 1.66. The van der Waals surface area contributed by atoms with E-state index in [-0.39, 0.29) is 17.9 Å². The first-order chi connectivity index (χ1) is 16.5. The summed E-state index contributed by atoms with van der Waals surface area (Å²) < 4.78 is 5.69. The van der Waals surface area contributed by atoms with E-state index in [4.69, 9.17) is 9.72 Å². The number of carbonyl (C=O) groups excluding carboxylic acids is 1. The number of aromatic nitrogens is 2. The molecule has 2 aromatic rings. The van der Waals surface area contributed by atoms with Gasteiger partial charge in [0.15, 0.2) is 5.82 Å². The largest absolute Gasteiger partial charge is 0.494 e. The van der Waals surface area contributed by atoms with Crippen molar-refractivity contribution < 1.29 is 9.53 Å². The Labute approximate surface area is 200 Å². The Bertz CT molecular complexity index is 1140. The second kappa shape index (κ2) is 8.98. The number of nitrogens with one attached hydrogen (secondary N) is 1. The lowest BCUT2D eigenvalue weighted by atomic mass is 9.93. The van der Waals surface area contributed by atoms with E-state index in [0.29, 0.717) is 17.5 Å². The van der Waals surface area contributed by atoms with E-state index < -0.39 is 0 Å². The average molecular weight is 462 g/mol. The van der Waals surface area contributed by atoms with Gasteiger partial charge in [-0.15, -0.1) is 0 Å². The molecule has 2 aliphatic heterocycles. The zero-order valence-electron chi connectivity index (χ0n) is 20.1. The van der Waals surface area contributed by atoms with Crippen molar-refractivity contribution in [2.45, 2.75) is 6.04 Å². The highest BCUT2D eigenvalue weighted by molar-refractivity contribution is 6.00. The summed E-state index contributed by atoms with van der Waals surface area (Å²) in [6, 6.07) is 6.06. The summed E-state index contributed by atoms with van der Waals surface area (Å²) >= 11 is 0. The Hall–Kier alpha value is -3.59. The van der Waals surface area contributed by atoms with Crippen LogP contribution in [0.5, 0.6) is 5.75 Å². The minimum atomic E-state index is -0.257. The summed E-state index contributed by atoms with van der Waals surface area (Å²) in [4.78, 5) is 30.8. The number of amides is 1. The second-order valence-corrected chi connectivity index (χ2v) is 9.00. The van der Waals surface area contributed by atoms with Crippen LogP contribution in [0.25, 0.3) is 0 Å². The van der Waals surface area contributed by atoms with Crippen LogP contribution in [0.2, 0.25) is 0 Å². The number of piperazine rings is 1. The summed E-state index contributed by atoms with van der Waals surface area (Å²) in [7, 11) is 7.57. The molecule has 9 nitrogen and oxygen atoms in total. The number of benzene rings is 1. The first-order valence-corrected chi connectivity index (χ1v) is 11.6. The highest BCUT2D eigenvalue weighted by atomic mass is 16.5. The third-order valence-electron chi connectivity index (χ3n) is 6.91. The number of ether oxygens (including phenoxy) is 1. The fraction of sp³-hybridized carbons (Fsp3) is 0.400. The van der Waals surface area contributed by atoms with E-state index in [1.54, 1.807) is 25.3 Å². The van der Waals surface area contributed by atoms with Crippen molar-refractivity contribution in [3.63, 3.8) is 0 Å². The molecule has 3 aliphatic rings. The molecule has 3 heterocycles. The van der Waals surface area contributed by atoms with E-state index in [9.17, 15) is 4.79 Å². The molecule has 1 saturated heterocycles. The Morgan fingerprint density at radius 1 is 1.06 bits per heavy atom. The first kappa shape index (κ1) is 22.2. The van der Waals surface area contributed by atoms with E-state index in [2.05, 4.69) is 39.3 Å². The first-order valence-electron chi connectivity index (χ1n) is 11.6. The zero-order valence-corrected chi connectivity index (χ0v) is 20.1. The number of methoxy groups -OCH3 is 1. The molecule has 5 rings (SSSR count). The van der Waals surface area contributed by atoms with Crippen molar-refractivity contribution in [1.29, 1.82) is 0 Å². The molecule has 1 aromatic heterocycles. The standard InChI is InChI=1S/C25H31N7O2/c1-29-11-13-32(14-12-29)17-9-10-19(22(15-17)34-4)27-25-26-16-21-23(28-25)30(2)20-8-6-5-7-18(20)24(33)31(21)3/h5-10,15-16,18,20H,11-14H2,1-4H3,(H,26,27,28). The molecule has 1 amide bonds. The van der Waals surface area contributed by atoms with Gasteiger partial charge in [-0.2, -0.15) is 4.98 Å². The van der Waals surface area contributed by atoms with Crippen LogP contribution < -0.4 is 24.8 Å². The van der Waals surface area contributed by atoms with Gasteiger partial charge in [-0.05, 0) is 19.2 Å². The van der Waals surface area contributed by atoms with Gasteiger partial charge in [0, 0.05) is 52.0 Å². The van der Waals surface area contributed by atoms with Crippen LogP contribution in [0.1, 0.15) is 0 Å². The third kappa shape index (κ3) is 3.96. The van der Waals surface area contributed by atoms with Crippen molar-refractivity contribution in [3.8, 4) is 5.75 Å². The Morgan fingerprint density at radius 3 is 2.59 bits per heavy atom. The Balaban J connectivity index is 1.42. The van der Waals surface area contributed by atoms with E-state index in [0.717, 1.165) is 43.3 Å². The smallest absolute Gasteiger partial charge is 0.236 e. The van der Waals surface area contributed by atoms with Crippen LogP contribution in [-0.2, 0) is 4.79 Å². The van der Waals surface area contributed by atoms with Crippen molar-refractivity contribution in [2.24, 2.45) is 5.92 Å². The van der Waals surface area contributed by atoms with E-state index in [1.807, 2.05) is 42.3 Å². The van der Waals surface area contributed by atoms with Gasteiger partial charge < -0.3 is 29.7 Å². The van der Waals surface area contributed by atoms with Crippen molar-refractivity contribution >= 4 is 34.7 Å². The van der Waals surface area contributed by atoms with Crippen LogP contribution in [0, 0.1) is 5.92 Å². The average Bonchev–Trinajstić information content (AvgIpc) is 2.94. The molecule has 0 saturated carbocycles. The number of hydrogen-bond donors (Lipinski definition) is 1. The number of likely N-dealkylation sites (N-methyl/N-ethyl adjacent to an activating group) is 2. The van der Waals surface area contributed by atoms with Gasteiger partial charge in [0.25, 0.3) is 0 Å². The number of rotatable bonds is 4. The van der Waals surface area contributed by atoms with Gasteiger partial charge in [-0.1, -0.05) is 24.3 Å². The maximum Gasteiger partial charge on any atom is 0.236 e. The van der Waals surface area contributed by atoms with E-state index >= 15 is 0 Å². The van der Waals surface area contributed by atoms with Crippen LogP contribution in [0.4, 0.5) is 28.8 Å². The lowest BCUT2D eigenvalue weighted by Crippen LogP contribution is -2.44. The molecule has 34 heavy (non-hydrogen) atoms. The zero-order chi connectivity index (χ0) is 23.8. The third-order valence-corrected chi connectivity index (χ3v) is 6.91. The highest BCUT2D eigenvalue weighted by Crippen LogP contribution is 2.37. The number of nitrogens with zero attached hydrogens (tertiary/aromatic N) is 6. The summed E-state index contributed by atoms with van der Waals surface area (Å²) in [6.45, 7) is 4.07. The molecule has 9 heteroatoms. The van der Waals surface area contributed by atoms with Gasteiger partial charge >= 0.3 is 0 Å². The van der Waals surface area contributed by atoms with Crippen molar-refractivity contribution in [3.05, 3.63) is 48.7 Å². The van der Waals surface area contributed by atoms with Crippen molar-refractivity contribution in [1.82, 2.24) is 14.9 Å². The molecule has 178 valence electrons. The van der Waals surface area contributed by atoms with Gasteiger partial charge in [0.2, 0.25) is 11.9 Å². The van der Waals surface area contributed by atoms with Crippen LogP contribution in [-0.4, -0.2) is 81.2 Å². The molecule has 2 unspecified atom stereocenters. The van der Waals surface area contributed by atoms with Gasteiger partial charge in [0.05, 0.1) is 31.0 Å². The normalized spacial score (nSPS) is 22.4. The molecule has 1 aliphatic carbocycles. The number of fused-ring (bicyclic) bond motifs is 2. The minimum absolute atomic E-state index is 0.0293. The van der Waals surface area contributed by atoms with Crippen LogP contribution in [0.15, 0.2) is 48.7 Å². The van der Waals surface area contributed by atoms with Gasteiger partial charge in [-0.25, -0.2) is 4.98 Å². The summed E-state index contributed by atoms with van der Waals surface area (Å²) in [5, 5.41) is 3.31. The maximum atomic E-state index is 13.0. The monoisotopic (exact) mass is 461 g/mol. The maximum absolute atomic E-state index is 13.0. The number of carbonyl (C=O) groups is 1. The molecule has 0 bridgehead atoms. The van der Waals surface area contributed by atoms with Gasteiger partial charge in [0.1, 0.15) is 11.4 Å². The predicted octanol–water partition coefficient (Wildman–Crippen LogP) is 2.50. The molecule has 2 atom stereocenters. The Kier molecular flexibility index (Phi) is 5.87. The molecular formula is C25H31N7O2. The minimum Gasteiger partial charge on any atom is -0.494 e. The van der Waals surface area contributed by atoms with Crippen molar-refractivity contribution in [2.75, 3.05) is 74.4 Å². The topological polar surface area (TPSA) is 77.1 Å². The van der Waals surface area contributed by atoms with Gasteiger partial charge in [-0.3, -0.25) is 4.79 Å². The summed E-state index contributed by atoms with van der Waals surface area (Å²) in [6.07, 6.45) is 9.59. The number of allylic oxidation sites excluding steroid dienone is 2. The molecule has 1 N–H and O–H groups in total. The lowest BCUT2D eigenvalue weighted by molar-refractivity contribution is -0.120. The molecule has 0 radical (unpaired) electrons. The SMILES string of the molecule is COc1cc(N2CCN(C)CC2)ccc1Nc1ncc2c(n1)N(C)C1C=CC=CC1C(=O)N2C. The predicted molar refractivity (Wildman–Crippen MR) is 135 cm³/mol. The molecule has 1 fully saturated rings. The summed E-state index contributed by atoms with van der Waals surface area (Å²) in [5.41, 5.74) is 2.62.